The van der Waals surface area contributed by atoms with E-state index in [0.29, 0.717) is 0 Å². The zero-order valence-corrected chi connectivity index (χ0v) is 8.46. The van der Waals surface area contributed by atoms with E-state index in [1.165, 1.54) is 6.92 Å². The van der Waals surface area contributed by atoms with E-state index < -0.39 is 36.4 Å². The Morgan fingerprint density at radius 2 is 2.20 bits per heavy atom. The molecule has 1 aliphatic rings. The van der Waals surface area contributed by atoms with E-state index in [2.05, 4.69) is 5.32 Å². The fraction of sp³-hybridized carbons (Fsp3) is 0.875. The standard InChI is InChI=1S/C8H17N3O4/c1-3(9)7(13)11-4-2-15-8(14)5(10)6(4)12/h3-6,8,12,14H,2,9-10H2,1H3,(H,11,13)/t3?,4-,5+,6-,8+/m0/s1. The molecule has 7 N–H and O–H groups in total. The summed E-state index contributed by atoms with van der Waals surface area (Å²) in [6, 6.07) is -2.24. The van der Waals surface area contributed by atoms with Gasteiger partial charge in [0, 0.05) is 0 Å². The molecule has 1 fully saturated rings. The first-order valence-electron chi connectivity index (χ1n) is 4.72. The third-order valence-electron chi connectivity index (χ3n) is 2.32. The van der Waals surface area contributed by atoms with Crippen LogP contribution in [0, 0.1) is 0 Å². The first-order valence-corrected chi connectivity index (χ1v) is 4.72. The number of carbonyl (C=O) groups excluding carboxylic acids is 1. The van der Waals surface area contributed by atoms with Gasteiger partial charge in [0.05, 0.1) is 30.8 Å². The summed E-state index contributed by atoms with van der Waals surface area (Å²) >= 11 is 0. The van der Waals surface area contributed by atoms with Gasteiger partial charge in [0.1, 0.15) is 0 Å². The lowest BCUT2D eigenvalue weighted by Gasteiger charge is -2.36. The van der Waals surface area contributed by atoms with Gasteiger partial charge >= 0.3 is 0 Å². The molecule has 1 rings (SSSR count). The smallest absolute Gasteiger partial charge is 0.237 e. The van der Waals surface area contributed by atoms with Gasteiger partial charge in [0.25, 0.3) is 0 Å². The second kappa shape index (κ2) is 4.86. The molecule has 1 unspecified atom stereocenters. The number of ether oxygens (including phenoxy) is 1. The van der Waals surface area contributed by atoms with Crippen LogP contribution in [0.1, 0.15) is 6.92 Å². The van der Waals surface area contributed by atoms with Crippen molar-refractivity contribution < 1.29 is 19.7 Å². The number of aliphatic hydroxyl groups excluding tert-OH is 2. The average molecular weight is 219 g/mol. The van der Waals surface area contributed by atoms with E-state index in [4.69, 9.17) is 21.3 Å². The first kappa shape index (κ1) is 12.3. The van der Waals surface area contributed by atoms with Crippen LogP contribution in [0.5, 0.6) is 0 Å². The molecule has 0 aromatic carbocycles. The molecule has 0 aromatic heterocycles. The third kappa shape index (κ3) is 2.86. The molecular formula is C8H17N3O4. The van der Waals surface area contributed by atoms with Gasteiger partial charge in [-0.1, -0.05) is 0 Å². The fourth-order valence-electron chi connectivity index (χ4n) is 1.29. The maximum atomic E-state index is 11.2. The van der Waals surface area contributed by atoms with Gasteiger partial charge in [0.15, 0.2) is 6.29 Å². The maximum absolute atomic E-state index is 11.2. The highest BCUT2D eigenvalue weighted by Crippen LogP contribution is 2.11. The van der Waals surface area contributed by atoms with Crippen LogP contribution >= 0.6 is 0 Å². The Bertz CT molecular complexity index is 236. The number of carbonyl (C=O) groups is 1. The lowest BCUT2D eigenvalue weighted by molar-refractivity contribution is -0.178. The van der Waals surface area contributed by atoms with Gasteiger partial charge in [0.2, 0.25) is 5.91 Å². The number of nitrogens with two attached hydrogens (primary N) is 2. The Morgan fingerprint density at radius 3 is 2.73 bits per heavy atom. The van der Waals surface area contributed by atoms with E-state index in [1.54, 1.807) is 0 Å². The minimum Gasteiger partial charge on any atom is -0.389 e. The van der Waals surface area contributed by atoms with Crippen LogP contribution in [0.2, 0.25) is 0 Å². The van der Waals surface area contributed by atoms with Crippen molar-refractivity contribution in [2.24, 2.45) is 11.5 Å². The van der Waals surface area contributed by atoms with Crippen molar-refractivity contribution in [2.45, 2.75) is 37.4 Å². The molecule has 7 heteroatoms. The second-order valence-corrected chi connectivity index (χ2v) is 3.70. The van der Waals surface area contributed by atoms with E-state index in [9.17, 15) is 9.90 Å². The second-order valence-electron chi connectivity index (χ2n) is 3.70. The van der Waals surface area contributed by atoms with Gasteiger partial charge in [-0.15, -0.1) is 0 Å². The monoisotopic (exact) mass is 219 g/mol. The quantitative estimate of drug-likeness (QED) is 0.333. The minimum absolute atomic E-state index is 0.00843. The largest absolute Gasteiger partial charge is 0.389 e. The molecule has 1 aliphatic heterocycles. The SMILES string of the molecule is CC(N)C(=O)N[C@H]1CO[C@@H](O)[C@H](N)[C@H]1O. The molecule has 7 nitrogen and oxygen atoms in total. The zero-order chi connectivity index (χ0) is 11.6. The normalized spacial score (nSPS) is 38.5. The van der Waals surface area contributed by atoms with Gasteiger partial charge in [-0.2, -0.15) is 0 Å². The molecule has 0 aromatic rings. The number of rotatable bonds is 2. The Kier molecular flexibility index (Phi) is 4.00. The summed E-state index contributed by atoms with van der Waals surface area (Å²) in [5, 5.41) is 21.3. The summed E-state index contributed by atoms with van der Waals surface area (Å²) in [4.78, 5) is 11.2. The molecule has 0 bridgehead atoms. The molecule has 15 heavy (non-hydrogen) atoms. The van der Waals surface area contributed by atoms with Crippen molar-refractivity contribution in [3.8, 4) is 0 Å². The van der Waals surface area contributed by atoms with Crippen molar-refractivity contribution in [3.63, 3.8) is 0 Å². The molecule has 1 saturated heterocycles. The molecule has 88 valence electrons. The average Bonchev–Trinajstić information content (AvgIpc) is 2.18. The van der Waals surface area contributed by atoms with Crippen LogP contribution in [0.4, 0.5) is 0 Å². The Morgan fingerprint density at radius 1 is 1.60 bits per heavy atom. The molecule has 1 heterocycles. The fourth-order valence-corrected chi connectivity index (χ4v) is 1.29. The van der Waals surface area contributed by atoms with E-state index in [0.717, 1.165) is 0 Å². The van der Waals surface area contributed by atoms with E-state index in [1.807, 2.05) is 0 Å². The summed E-state index contributed by atoms with van der Waals surface area (Å²) in [5.41, 5.74) is 10.8. The van der Waals surface area contributed by atoms with Crippen LogP contribution in [0.15, 0.2) is 0 Å². The summed E-state index contributed by atoms with van der Waals surface area (Å²) < 4.78 is 4.87. The number of nitrogens with one attached hydrogen (secondary N) is 1. The zero-order valence-electron chi connectivity index (χ0n) is 8.46. The summed E-state index contributed by atoms with van der Waals surface area (Å²) in [7, 11) is 0. The van der Waals surface area contributed by atoms with Crippen molar-refractivity contribution in [1.29, 1.82) is 0 Å². The molecule has 0 radical (unpaired) electrons. The highest BCUT2D eigenvalue weighted by atomic mass is 16.6. The van der Waals surface area contributed by atoms with E-state index in [-0.39, 0.29) is 6.61 Å². The van der Waals surface area contributed by atoms with Crippen molar-refractivity contribution in [3.05, 3.63) is 0 Å². The summed E-state index contributed by atoms with van der Waals surface area (Å²) in [6.45, 7) is 1.54. The molecule has 0 saturated carbocycles. The predicted molar refractivity (Wildman–Crippen MR) is 51.5 cm³/mol. The maximum Gasteiger partial charge on any atom is 0.237 e. The van der Waals surface area contributed by atoms with Crippen LogP contribution in [0.3, 0.4) is 0 Å². The van der Waals surface area contributed by atoms with Crippen molar-refractivity contribution in [1.82, 2.24) is 5.32 Å². The predicted octanol–water partition coefficient (Wildman–Crippen LogP) is -3.14. The molecule has 0 aliphatic carbocycles. The Labute approximate surface area is 87.4 Å². The third-order valence-corrected chi connectivity index (χ3v) is 2.32. The summed E-state index contributed by atoms with van der Waals surface area (Å²) in [6.07, 6.45) is -2.25. The Balaban J connectivity index is 2.53. The number of aliphatic hydroxyl groups is 2. The lowest BCUT2D eigenvalue weighted by Crippen LogP contribution is -2.63. The summed E-state index contributed by atoms with van der Waals surface area (Å²) in [5.74, 6) is -0.397. The van der Waals surface area contributed by atoms with Crippen LogP contribution < -0.4 is 16.8 Å². The van der Waals surface area contributed by atoms with Gasteiger partial charge < -0.3 is 31.7 Å². The molecule has 1 amide bonds. The number of amides is 1. The van der Waals surface area contributed by atoms with Crippen LogP contribution in [-0.4, -0.2) is 53.2 Å². The van der Waals surface area contributed by atoms with Crippen molar-refractivity contribution in [2.75, 3.05) is 6.61 Å². The highest BCUT2D eigenvalue weighted by molar-refractivity contribution is 5.81. The van der Waals surface area contributed by atoms with Crippen LogP contribution in [-0.2, 0) is 9.53 Å². The number of hydrogen-bond donors (Lipinski definition) is 5. The van der Waals surface area contributed by atoms with Crippen molar-refractivity contribution >= 4 is 5.91 Å². The van der Waals surface area contributed by atoms with E-state index >= 15 is 0 Å². The van der Waals surface area contributed by atoms with Gasteiger partial charge in [-0.25, -0.2) is 0 Å². The molecular weight excluding hydrogens is 202 g/mol. The van der Waals surface area contributed by atoms with Gasteiger partial charge in [-0.3, -0.25) is 4.79 Å². The van der Waals surface area contributed by atoms with Gasteiger partial charge in [-0.05, 0) is 6.92 Å². The Hall–Kier alpha value is -0.730. The lowest BCUT2D eigenvalue weighted by atomic mass is 10.0. The minimum atomic E-state index is -1.21. The van der Waals surface area contributed by atoms with Crippen LogP contribution in [0.25, 0.3) is 0 Å². The first-order chi connectivity index (χ1) is 6.93. The molecule has 0 spiro atoms. The number of hydrogen-bond acceptors (Lipinski definition) is 6. The highest BCUT2D eigenvalue weighted by Gasteiger charge is 2.37. The molecule has 5 atom stereocenters. The topological polar surface area (TPSA) is 131 Å².